The Morgan fingerprint density at radius 1 is 1.00 bits per heavy atom. The van der Waals surface area contributed by atoms with Crippen LogP contribution in [0.4, 0.5) is 0 Å². The largest absolute Gasteiger partial charge is 0.338 e. The molecule has 0 atom stereocenters. The molecule has 2 heterocycles. The van der Waals surface area contributed by atoms with Gasteiger partial charge in [-0.2, -0.15) is 4.98 Å². The molecule has 0 N–H and O–H groups in total. The molecule has 1 aromatic carbocycles. The van der Waals surface area contributed by atoms with E-state index in [4.69, 9.17) is 27.7 Å². The van der Waals surface area contributed by atoms with Crippen molar-refractivity contribution < 1.29 is 4.52 Å². The first-order valence-corrected chi connectivity index (χ1v) is 7.65. The van der Waals surface area contributed by atoms with Gasteiger partial charge < -0.3 is 4.52 Å². The Morgan fingerprint density at radius 2 is 1.81 bits per heavy atom. The summed E-state index contributed by atoms with van der Waals surface area (Å²) in [5, 5.41) is 13.4. The van der Waals surface area contributed by atoms with Gasteiger partial charge in [-0.3, -0.25) is 0 Å². The van der Waals surface area contributed by atoms with Crippen molar-refractivity contribution in [1.29, 1.82) is 0 Å². The second kappa shape index (κ2) is 6.43. The molecule has 2 aromatic heterocycles. The van der Waals surface area contributed by atoms with Gasteiger partial charge in [0.1, 0.15) is 5.03 Å². The summed E-state index contributed by atoms with van der Waals surface area (Å²) in [6.45, 7) is 0. The van der Waals surface area contributed by atoms with E-state index in [9.17, 15) is 0 Å². The van der Waals surface area contributed by atoms with Gasteiger partial charge in [0.2, 0.25) is 11.7 Å². The van der Waals surface area contributed by atoms with E-state index in [1.165, 1.54) is 11.8 Å². The summed E-state index contributed by atoms with van der Waals surface area (Å²) in [4.78, 5) is 4.33. The van der Waals surface area contributed by atoms with Crippen molar-refractivity contribution in [2.75, 3.05) is 0 Å². The summed E-state index contributed by atoms with van der Waals surface area (Å²) >= 11 is 13.0. The van der Waals surface area contributed by atoms with Gasteiger partial charge in [0, 0.05) is 10.6 Å². The van der Waals surface area contributed by atoms with Gasteiger partial charge >= 0.3 is 0 Å². The molecule has 5 nitrogen and oxygen atoms in total. The van der Waals surface area contributed by atoms with Crippen LogP contribution >= 0.6 is 35.0 Å². The highest BCUT2D eigenvalue weighted by Crippen LogP contribution is 2.23. The van der Waals surface area contributed by atoms with Gasteiger partial charge in [-0.15, -0.1) is 10.2 Å². The zero-order chi connectivity index (χ0) is 14.7. The Balaban J connectivity index is 1.67. The normalized spacial score (nSPS) is 10.8. The number of aromatic nitrogens is 4. The number of benzene rings is 1. The quantitative estimate of drug-likeness (QED) is 0.666. The van der Waals surface area contributed by atoms with Crippen LogP contribution in [-0.4, -0.2) is 20.3 Å². The first kappa shape index (κ1) is 14.3. The molecule has 0 saturated carbocycles. The third-order valence-corrected chi connectivity index (χ3v) is 3.88. The summed E-state index contributed by atoms with van der Waals surface area (Å²) in [5.41, 5.74) is 0.852. The van der Waals surface area contributed by atoms with Crippen LogP contribution in [0.3, 0.4) is 0 Å². The fourth-order valence-corrected chi connectivity index (χ4v) is 2.42. The second-order valence-corrected chi connectivity index (χ2v) is 5.82. The number of hydrogen-bond acceptors (Lipinski definition) is 6. The topological polar surface area (TPSA) is 64.7 Å². The first-order valence-electron chi connectivity index (χ1n) is 5.91. The lowest BCUT2D eigenvalue weighted by Crippen LogP contribution is -1.87. The lowest BCUT2D eigenvalue weighted by Gasteiger charge is -1.95. The van der Waals surface area contributed by atoms with Crippen LogP contribution in [0.5, 0.6) is 0 Å². The Morgan fingerprint density at radius 3 is 2.52 bits per heavy atom. The van der Waals surface area contributed by atoms with Crippen molar-refractivity contribution in [3.63, 3.8) is 0 Å². The summed E-state index contributed by atoms with van der Waals surface area (Å²) in [7, 11) is 0. The third kappa shape index (κ3) is 3.72. The number of nitrogens with zero attached hydrogens (tertiary/aromatic N) is 4. The predicted molar refractivity (Wildman–Crippen MR) is 81.3 cm³/mol. The molecule has 3 aromatic rings. The molecule has 0 unspecified atom stereocenters. The van der Waals surface area contributed by atoms with Gasteiger partial charge in [-0.25, -0.2) is 0 Å². The molecular weight excluding hydrogens is 331 g/mol. The molecule has 106 valence electrons. The molecule has 0 amide bonds. The molecule has 21 heavy (non-hydrogen) atoms. The fraction of sp³-hybridized carbons (Fsp3) is 0.0769. The van der Waals surface area contributed by atoms with Crippen LogP contribution in [0.15, 0.2) is 45.9 Å². The molecule has 8 heteroatoms. The maximum Gasteiger partial charge on any atom is 0.237 e. The smallest absolute Gasteiger partial charge is 0.237 e. The monoisotopic (exact) mass is 338 g/mol. The highest BCUT2D eigenvalue weighted by molar-refractivity contribution is 7.98. The summed E-state index contributed by atoms with van der Waals surface area (Å²) < 4.78 is 5.21. The minimum atomic E-state index is 0.363. The zero-order valence-electron chi connectivity index (χ0n) is 10.5. The van der Waals surface area contributed by atoms with E-state index >= 15 is 0 Å². The van der Waals surface area contributed by atoms with Crippen LogP contribution in [0.25, 0.3) is 11.4 Å². The average Bonchev–Trinajstić information content (AvgIpc) is 2.96. The van der Waals surface area contributed by atoms with Gasteiger partial charge in [0.15, 0.2) is 5.15 Å². The molecule has 0 bridgehead atoms. The van der Waals surface area contributed by atoms with Crippen LogP contribution in [-0.2, 0) is 5.75 Å². The van der Waals surface area contributed by atoms with Crippen molar-refractivity contribution >= 4 is 35.0 Å². The molecule has 0 saturated heterocycles. The Hall–Kier alpha value is -1.63. The molecule has 0 aliphatic heterocycles. The van der Waals surface area contributed by atoms with Gasteiger partial charge in [-0.05, 0) is 36.4 Å². The van der Waals surface area contributed by atoms with E-state index in [1.807, 2.05) is 12.1 Å². The number of rotatable bonds is 4. The maximum atomic E-state index is 5.84. The van der Waals surface area contributed by atoms with Gasteiger partial charge in [0.05, 0.1) is 5.75 Å². The predicted octanol–water partition coefficient (Wildman–Crippen LogP) is 4.13. The summed E-state index contributed by atoms with van der Waals surface area (Å²) in [6, 6.07) is 10.7. The van der Waals surface area contributed by atoms with E-state index in [0.29, 0.717) is 27.6 Å². The van der Waals surface area contributed by atoms with Crippen molar-refractivity contribution in [2.45, 2.75) is 10.8 Å². The Labute approximate surface area is 134 Å². The first-order chi connectivity index (χ1) is 10.2. The zero-order valence-corrected chi connectivity index (χ0v) is 12.9. The number of halogens is 2. The Bertz CT molecular complexity index is 731. The van der Waals surface area contributed by atoms with E-state index in [0.717, 1.165) is 10.6 Å². The summed E-state index contributed by atoms with van der Waals surface area (Å²) in [6.07, 6.45) is 0. The molecule has 0 aliphatic carbocycles. The van der Waals surface area contributed by atoms with Gasteiger partial charge in [0.25, 0.3) is 0 Å². The molecule has 0 fully saturated rings. The van der Waals surface area contributed by atoms with E-state index in [1.54, 1.807) is 24.3 Å². The van der Waals surface area contributed by atoms with Crippen LogP contribution in [0.2, 0.25) is 10.2 Å². The molecule has 0 aliphatic rings. The molecule has 0 spiro atoms. The lowest BCUT2D eigenvalue weighted by molar-refractivity contribution is 0.391. The van der Waals surface area contributed by atoms with Crippen LogP contribution < -0.4 is 0 Å². The van der Waals surface area contributed by atoms with Crippen molar-refractivity contribution in [3.8, 4) is 11.4 Å². The van der Waals surface area contributed by atoms with Crippen molar-refractivity contribution in [1.82, 2.24) is 20.3 Å². The fourth-order valence-electron chi connectivity index (χ4n) is 1.55. The highest BCUT2D eigenvalue weighted by atomic mass is 35.5. The number of thioether (sulfide) groups is 1. The molecular formula is C13H8Cl2N4OS. The molecule has 3 rings (SSSR count). The van der Waals surface area contributed by atoms with Crippen LogP contribution in [0.1, 0.15) is 5.89 Å². The minimum absolute atomic E-state index is 0.363. The average molecular weight is 339 g/mol. The van der Waals surface area contributed by atoms with E-state index in [-0.39, 0.29) is 0 Å². The minimum Gasteiger partial charge on any atom is -0.338 e. The maximum absolute atomic E-state index is 5.84. The Kier molecular flexibility index (Phi) is 4.38. The van der Waals surface area contributed by atoms with E-state index < -0.39 is 0 Å². The summed E-state index contributed by atoms with van der Waals surface area (Å²) in [5.74, 6) is 1.56. The van der Waals surface area contributed by atoms with E-state index in [2.05, 4.69) is 20.3 Å². The van der Waals surface area contributed by atoms with Crippen molar-refractivity contribution in [3.05, 3.63) is 52.5 Å². The SMILES string of the molecule is Clc1ccc(-c2noc(CSc3ccc(Cl)nn3)n2)cc1. The standard InChI is InChI=1S/C13H8Cl2N4OS/c14-9-3-1-8(2-4-9)13-16-11(20-19-13)7-21-12-6-5-10(15)17-18-12/h1-6H,7H2. The molecule has 0 radical (unpaired) electrons. The lowest BCUT2D eigenvalue weighted by atomic mass is 10.2. The third-order valence-electron chi connectivity index (χ3n) is 2.52. The highest BCUT2D eigenvalue weighted by Gasteiger charge is 2.09. The second-order valence-electron chi connectivity index (χ2n) is 4.00. The number of hydrogen-bond donors (Lipinski definition) is 0. The van der Waals surface area contributed by atoms with Gasteiger partial charge in [-0.1, -0.05) is 40.1 Å². The van der Waals surface area contributed by atoms with Crippen molar-refractivity contribution in [2.24, 2.45) is 0 Å². The van der Waals surface area contributed by atoms with Crippen LogP contribution in [0, 0.1) is 0 Å².